The largest absolute Gasteiger partial charge is 0.444 e. The topological polar surface area (TPSA) is 139 Å². The molecule has 0 aliphatic rings. The van der Waals surface area contributed by atoms with Gasteiger partial charge in [0.1, 0.15) is 11.9 Å². The van der Waals surface area contributed by atoms with Crippen LogP contribution in [0.15, 0.2) is 35.1 Å². The molecule has 0 unspecified atom stereocenters. The summed E-state index contributed by atoms with van der Waals surface area (Å²) in [6, 6.07) is 7.28. The third-order valence-electron chi connectivity index (χ3n) is 4.00. The molecule has 1 aromatic carbocycles. The Morgan fingerprint density at radius 1 is 1.29 bits per heavy atom. The first-order valence-corrected chi connectivity index (χ1v) is 9.71. The summed E-state index contributed by atoms with van der Waals surface area (Å²) in [4.78, 5) is 34.0. The van der Waals surface area contributed by atoms with E-state index in [1.807, 2.05) is 39.0 Å². The van der Waals surface area contributed by atoms with Crippen LogP contribution in [0.5, 0.6) is 0 Å². The number of nitrogens with one attached hydrogen (secondary N) is 2. The van der Waals surface area contributed by atoms with Crippen molar-refractivity contribution in [1.82, 2.24) is 30.2 Å². The average Bonchev–Trinajstić information content (AvgIpc) is 3.37. The zero-order chi connectivity index (χ0) is 22.4. The quantitative estimate of drug-likeness (QED) is 0.587. The number of carbonyl (C=O) groups is 2. The molecule has 0 aliphatic carbocycles. The number of carbonyl (C=O) groups excluding carboxylic acids is 2. The van der Waals surface area contributed by atoms with Crippen molar-refractivity contribution in [2.75, 3.05) is 12.4 Å². The van der Waals surface area contributed by atoms with Crippen LogP contribution in [0.25, 0.3) is 11.6 Å². The van der Waals surface area contributed by atoms with Gasteiger partial charge in [0, 0.05) is 32.1 Å². The van der Waals surface area contributed by atoms with Crippen molar-refractivity contribution in [3.05, 3.63) is 42.0 Å². The van der Waals surface area contributed by atoms with Crippen molar-refractivity contribution in [3.8, 4) is 11.6 Å². The molecule has 11 heteroatoms. The monoisotopic (exact) mass is 427 g/mol. The van der Waals surface area contributed by atoms with E-state index in [0.717, 1.165) is 5.56 Å². The number of aryl methyl sites for hydroxylation is 1. The first kappa shape index (κ1) is 21.9. The number of hydrogen-bond acceptors (Lipinski definition) is 8. The predicted octanol–water partition coefficient (Wildman–Crippen LogP) is 2.79. The maximum atomic E-state index is 12.3. The van der Waals surface area contributed by atoms with Gasteiger partial charge in [0.2, 0.25) is 17.6 Å². The fourth-order valence-electron chi connectivity index (χ4n) is 2.64. The van der Waals surface area contributed by atoms with Gasteiger partial charge in [-0.3, -0.25) is 9.89 Å². The lowest BCUT2D eigenvalue weighted by atomic mass is 10.2. The Hall–Kier alpha value is -3.76. The van der Waals surface area contributed by atoms with Gasteiger partial charge in [-0.2, -0.15) is 10.1 Å². The van der Waals surface area contributed by atoms with Gasteiger partial charge in [0.15, 0.2) is 5.82 Å². The number of rotatable bonds is 7. The number of aromatic nitrogens is 5. The standard InChI is InChI=1S/C20H25N7O4/c1-20(2,3)30-19(29)27(4)11-13-6-5-7-14(10-13)23-15(28)8-9-16-24-18(26-31-16)17-21-12-22-25-17/h5-7,10,12H,8-9,11H2,1-4H3,(H,23,28)(H,21,22,25). The molecule has 164 valence electrons. The molecule has 2 aromatic heterocycles. The number of hydrogen-bond donors (Lipinski definition) is 2. The van der Waals surface area contributed by atoms with E-state index in [4.69, 9.17) is 9.26 Å². The number of nitrogens with zero attached hydrogens (tertiary/aromatic N) is 5. The van der Waals surface area contributed by atoms with Gasteiger partial charge in [-0.05, 0) is 38.5 Å². The highest BCUT2D eigenvalue weighted by Crippen LogP contribution is 2.16. The lowest BCUT2D eigenvalue weighted by Crippen LogP contribution is -2.33. The smallest absolute Gasteiger partial charge is 0.410 e. The van der Waals surface area contributed by atoms with Crippen molar-refractivity contribution in [3.63, 3.8) is 0 Å². The van der Waals surface area contributed by atoms with Crippen LogP contribution in [0.4, 0.5) is 10.5 Å². The summed E-state index contributed by atoms with van der Waals surface area (Å²) in [6.45, 7) is 5.81. The van der Waals surface area contributed by atoms with Crippen molar-refractivity contribution in [2.24, 2.45) is 0 Å². The highest BCUT2D eigenvalue weighted by Gasteiger charge is 2.19. The molecule has 0 bridgehead atoms. The van der Waals surface area contributed by atoms with Gasteiger partial charge < -0.3 is 19.5 Å². The molecule has 3 rings (SSSR count). The summed E-state index contributed by atoms with van der Waals surface area (Å²) in [5, 5.41) is 13.0. The van der Waals surface area contributed by atoms with Crippen molar-refractivity contribution in [2.45, 2.75) is 45.8 Å². The maximum Gasteiger partial charge on any atom is 0.410 e. The van der Waals surface area contributed by atoms with Crippen LogP contribution in [0, 0.1) is 0 Å². The van der Waals surface area contributed by atoms with Crippen LogP contribution >= 0.6 is 0 Å². The van der Waals surface area contributed by atoms with E-state index < -0.39 is 11.7 Å². The summed E-state index contributed by atoms with van der Waals surface area (Å²) in [7, 11) is 1.66. The molecule has 0 spiro atoms. The van der Waals surface area contributed by atoms with Crippen LogP contribution in [0.3, 0.4) is 0 Å². The first-order valence-electron chi connectivity index (χ1n) is 9.71. The maximum absolute atomic E-state index is 12.3. The number of ether oxygens (including phenoxy) is 1. The van der Waals surface area contributed by atoms with Crippen molar-refractivity contribution in [1.29, 1.82) is 0 Å². The molecule has 31 heavy (non-hydrogen) atoms. The van der Waals surface area contributed by atoms with Gasteiger partial charge in [-0.15, -0.1) is 0 Å². The minimum atomic E-state index is -0.560. The van der Waals surface area contributed by atoms with Crippen LogP contribution in [0.2, 0.25) is 0 Å². The minimum absolute atomic E-state index is 0.167. The second-order valence-electron chi connectivity index (χ2n) is 7.93. The molecule has 0 saturated carbocycles. The molecule has 2 N–H and O–H groups in total. The summed E-state index contributed by atoms with van der Waals surface area (Å²) in [5.41, 5.74) is 0.933. The molecular weight excluding hydrogens is 402 g/mol. The van der Waals surface area contributed by atoms with Crippen LogP contribution < -0.4 is 5.32 Å². The summed E-state index contributed by atoms with van der Waals surface area (Å²) < 4.78 is 10.5. The number of amides is 2. The third-order valence-corrected chi connectivity index (χ3v) is 4.00. The fraction of sp³-hybridized carbons (Fsp3) is 0.400. The second kappa shape index (κ2) is 9.37. The molecule has 2 heterocycles. The molecule has 0 aliphatic heterocycles. The molecular formula is C20H25N7O4. The molecule has 3 aromatic rings. The number of aromatic amines is 1. The number of benzene rings is 1. The van der Waals surface area contributed by atoms with Crippen molar-refractivity contribution >= 4 is 17.7 Å². The number of H-pyrrole nitrogens is 1. The Bertz CT molecular complexity index is 1020. The zero-order valence-electron chi connectivity index (χ0n) is 17.9. The van der Waals surface area contributed by atoms with Gasteiger partial charge in [-0.25, -0.2) is 9.78 Å². The zero-order valence-corrected chi connectivity index (χ0v) is 17.9. The lowest BCUT2D eigenvalue weighted by Gasteiger charge is -2.24. The predicted molar refractivity (Wildman–Crippen MR) is 111 cm³/mol. The normalized spacial score (nSPS) is 11.2. The van der Waals surface area contributed by atoms with Crippen LogP contribution in [-0.4, -0.2) is 54.9 Å². The van der Waals surface area contributed by atoms with E-state index >= 15 is 0 Å². The van der Waals surface area contributed by atoms with E-state index in [-0.39, 0.29) is 24.6 Å². The van der Waals surface area contributed by atoms with E-state index in [1.54, 1.807) is 13.1 Å². The lowest BCUT2D eigenvalue weighted by molar-refractivity contribution is -0.116. The van der Waals surface area contributed by atoms with Crippen LogP contribution in [0.1, 0.15) is 38.6 Å². The molecule has 0 radical (unpaired) electrons. The van der Waals surface area contributed by atoms with Gasteiger partial charge in [-0.1, -0.05) is 17.3 Å². The molecule has 2 amide bonds. The fourth-order valence-corrected chi connectivity index (χ4v) is 2.64. The highest BCUT2D eigenvalue weighted by molar-refractivity contribution is 5.90. The summed E-state index contributed by atoms with van der Waals surface area (Å²) in [5.74, 6) is 0.814. The summed E-state index contributed by atoms with van der Waals surface area (Å²) >= 11 is 0. The van der Waals surface area contributed by atoms with Crippen LogP contribution in [-0.2, 0) is 22.5 Å². The minimum Gasteiger partial charge on any atom is -0.444 e. The van der Waals surface area contributed by atoms with E-state index in [9.17, 15) is 9.59 Å². The SMILES string of the molecule is CN(Cc1cccc(NC(=O)CCc2nc(-c3ncn[nH]3)no2)c1)C(=O)OC(C)(C)C. The Balaban J connectivity index is 1.51. The van der Waals surface area contributed by atoms with Gasteiger partial charge >= 0.3 is 6.09 Å². The van der Waals surface area contributed by atoms with Gasteiger partial charge in [0.05, 0.1) is 0 Å². The highest BCUT2D eigenvalue weighted by atomic mass is 16.6. The molecule has 11 nitrogen and oxygen atoms in total. The Morgan fingerprint density at radius 2 is 2.10 bits per heavy atom. The Labute approximate surface area is 179 Å². The Kier molecular flexibility index (Phi) is 6.63. The third kappa shape index (κ3) is 6.63. The molecule has 0 atom stereocenters. The first-order chi connectivity index (χ1) is 14.7. The second-order valence-corrected chi connectivity index (χ2v) is 7.93. The molecule has 0 fully saturated rings. The average molecular weight is 427 g/mol. The van der Waals surface area contributed by atoms with Gasteiger partial charge in [0.25, 0.3) is 0 Å². The number of anilines is 1. The Morgan fingerprint density at radius 3 is 2.81 bits per heavy atom. The molecule has 0 saturated heterocycles. The van der Waals surface area contributed by atoms with Crippen molar-refractivity contribution < 1.29 is 18.8 Å². The summed E-state index contributed by atoms with van der Waals surface area (Å²) in [6.07, 6.45) is 1.39. The van der Waals surface area contributed by atoms with E-state index in [0.29, 0.717) is 23.9 Å². The van der Waals surface area contributed by atoms with E-state index in [1.165, 1.54) is 11.2 Å². The van der Waals surface area contributed by atoms with E-state index in [2.05, 4.69) is 30.6 Å².